The standard InChI is InChI=1S/C14H13FN2O/c15-11-5-10-6-12(8-16)18-14(10)13(7-11)9-1-3-17-4-2-9/h1-5,7,12H,6,8,16H2/t12-/m0/s1. The average Bonchev–Trinajstić information content (AvgIpc) is 2.81. The number of aromatic nitrogens is 1. The first-order valence-corrected chi connectivity index (χ1v) is 5.87. The molecule has 0 saturated heterocycles. The summed E-state index contributed by atoms with van der Waals surface area (Å²) in [6.45, 7) is 0.437. The minimum absolute atomic E-state index is 0.0533. The van der Waals surface area contributed by atoms with Crippen LogP contribution in [0.1, 0.15) is 5.56 Å². The smallest absolute Gasteiger partial charge is 0.131 e. The number of fused-ring (bicyclic) bond motifs is 1. The van der Waals surface area contributed by atoms with E-state index in [1.807, 2.05) is 12.1 Å². The molecular formula is C14H13FN2O. The zero-order valence-corrected chi connectivity index (χ0v) is 9.77. The van der Waals surface area contributed by atoms with Gasteiger partial charge in [0.2, 0.25) is 0 Å². The molecule has 0 fully saturated rings. The summed E-state index contributed by atoms with van der Waals surface area (Å²) in [4.78, 5) is 3.96. The number of pyridine rings is 1. The Bertz CT molecular complexity index is 572. The van der Waals surface area contributed by atoms with E-state index in [4.69, 9.17) is 10.5 Å². The molecule has 1 atom stereocenters. The molecule has 0 unspecified atom stereocenters. The number of hydrogen-bond donors (Lipinski definition) is 1. The van der Waals surface area contributed by atoms with Crippen LogP contribution in [0.3, 0.4) is 0 Å². The molecular weight excluding hydrogens is 231 g/mol. The van der Waals surface area contributed by atoms with Crippen molar-refractivity contribution in [3.63, 3.8) is 0 Å². The summed E-state index contributed by atoms with van der Waals surface area (Å²) >= 11 is 0. The van der Waals surface area contributed by atoms with Crippen molar-refractivity contribution in [2.45, 2.75) is 12.5 Å². The van der Waals surface area contributed by atoms with E-state index in [-0.39, 0.29) is 11.9 Å². The SMILES string of the molecule is NC[C@@H]1Cc2cc(F)cc(-c3ccncc3)c2O1. The van der Waals surface area contributed by atoms with Gasteiger partial charge in [0.05, 0.1) is 0 Å². The van der Waals surface area contributed by atoms with E-state index in [0.29, 0.717) is 13.0 Å². The molecule has 4 heteroatoms. The van der Waals surface area contributed by atoms with Gasteiger partial charge >= 0.3 is 0 Å². The third-order valence-corrected chi connectivity index (χ3v) is 3.12. The normalized spacial score (nSPS) is 17.3. The van der Waals surface area contributed by atoms with Gasteiger partial charge in [-0.05, 0) is 29.8 Å². The summed E-state index contributed by atoms with van der Waals surface area (Å²) in [6.07, 6.45) is 3.98. The van der Waals surface area contributed by atoms with E-state index < -0.39 is 0 Å². The first-order valence-electron chi connectivity index (χ1n) is 5.87. The summed E-state index contributed by atoms with van der Waals surface area (Å²) in [5.74, 6) is 0.500. The second-order valence-corrected chi connectivity index (χ2v) is 4.36. The molecule has 1 aromatic heterocycles. The average molecular weight is 244 g/mol. The molecule has 0 aliphatic carbocycles. The quantitative estimate of drug-likeness (QED) is 0.880. The molecule has 3 nitrogen and oxygen atoms in total. The van der Waals surface area contributed by atoms with Gasteiger partial charge in [0.1, 0.15) is 17.7 Å². The maximum atomic E-state index is 13.6. The molecule has 2 aromatic rings. The van der Waals surface area contributed by atoms with Crippen molar-refractivity contribution >= 4 is 0 Å². The van der Waals surface area contributed by atoms with Crippen LogP contribution in [0.2, 0.25) is 0 Å². The lowest BCUT2D eigenvalue weighted by atomic mass is 10.0. The second-order valence-electron chi connectivity index (χ2n) is 4.36. The molecule has 0 radical (unpaired) electrons. The largest absolute Gasteiger partial charge is 0.488 e. The number of rotatable bonds is 2. The van der Waals surface area contributed by atoms with Crippen molar-refractivity contribution in [2.75, 3.05) is 6.54 Å². The summed E-state index contributed by atoms with van der Waals surface area (Å²) < 4.78 is 19.4. The van der Waals surface area contributed by atoms with Crippen LogP contribution in [0.25, 0.3) is 11.1 Å². The molecule has 3 rings (SSSR count). The topological polar surface area (TPSA) is 48.1 Å². The molecule has 0 amide bonds. The monoisotopic (exact) mass is 244 g/mol. The van der Waals surface area contributed by atoms with Gasteiger partial charge in [-0.1, -0.05) is 0 Å². The van der Waals surface area contributed by atoms with Crippen LogP contribution in [0.15, 0.2) is 36.7 Å². The Morgan fingerprint density at radius 2 is 2.11 bits per heavy atom. The lowest BCUT2D eigenvalue weighted by Crippen LogP contribution is -2.24. The van der Waals surface area contributed by atoms with E-state index in [1.165, 1.54) is 12.1 Å². The Hall–Kier alpha value is -1.94. The van der Waals surface area contributed by atoms with Gasteiger partial charge in [0, 0.05) is 36.5 Å². The van der Waals surface area contributed by atoms with Crippen LogP contribution in [0.4, 0.5) is 4.39 Å². The molecule has 2 N–H and O–H groups in total. The van der Waals surface area contributed by atoms with Crippen molar-refractivity contribution in [3.05, 3.63) is 48.0 Å². The fourth-order valence-electron chi connectivity index (χ4n) is 2.27. The fraction of sp³-hybridized carbons (Fsp3) is 0.214. The van der Waals surface area contributed by atoms with Gasteiger partial charge < -0.3 is 10.5 Å². The van der Waals surface area contributed by atoms with Crippen molar-refractivity contribution in [1.29, 1.82) is 0 Å². The summed E-state index contributed by atoms with van der Waals surface area (Å²) in [5.41, 5.74) is 8.17. The number of halogens is 1. The van der Waals surface area contributed by atoms with Gasteiger partial charge in [0.15, 0.2) is 0 Å². The number of hydrogen-bond acceptors (Lipinski definition) is 3. The highest BCUT2D eigenvalue weighted by molar-refractivity contribution is 5.72. The van der Waals surface area contributed by atoms with Crippen molar-refractivity contribution in [2.24, 2.45) is 5.73 Å². The maximum absolute atomic E-state index is 13.6. The van der Waals surface area contributed by atoms with E-state index >= 15 is 0 Å². The Morgan fingerprint density at radius 1 is 1.33 bits per heavy atom. The van der Waals surface area contributed by atoms with E-state index in [2.05, 4.69) is 4.98 Å². The second kappa shape index (κ2) is 4.38. The van der Waals surface area contributed by atoms with E-state index in [1.54, 1.807) is 12.4 Å². The van der Waals surface area contributed by atoms with Crippen LogP contribution in [-0.4, -0.2) is 17.6 Å². The maximum Gasteiger partial charge on any atom is 0.131 e. The number of nitrogens with zero attached hydrogens (tertiary/aromatic N) is 1. The number of benzene rings is 1. The zero-order chi connectivity index (χ0) is 12.5. The first-order chi connectivity index (χ1) is 8.78. The predicted octanol–water partition coefficient (Wildman–Crippen LogP) is 2.15. The molecule has 1 aliphatic rings. The van der Waals surface area contributed by atoms with E-state index in [0.717, 1.165) is 22.4 Å². The summed E-state index contributed by atoms with van der Waals surface area (Å²) in [6, 6.07) is 6.70. The Balaban J connectivity index is 2.12. The lowest BCUT2D eigenvalue weighted by molar-refractivity contribution is 0.242. The van der Waals surface area contributed by atoms with Crippen LogP contribution in [-0.2, 0) is 6.42 Å². The van der Waals surface area contributed by atoms with Gasteiger partial charge in [-0.15, -0.1) is 0 Å². The predicted molar refractivity (Wildman–Crippen MR) is 66.8 cm³/mol. The number of nitrogens with two attached hydrogens (primary N) is 1. The van der Waals surface area contributed by atoms with Crippen LogP contribution >= 0.6 is 0 Å². The van der Waals surface area contributed by atoms with Gasteiger partial charge in [-0.25, -0.2) is 4.39 Å². The number of ether oxygens (including phenoxy) is 1. The Morgan fingerprint density at radius 3 is 2.83 bits per heavy atom. The third kappa shape index (κ3) is 1.84. The highest BCUT2D eigenvalue weighted by Gasteiger charge is 2.25. The Labute approximate surface area is 104 Å². The molecule has 1 aromatic carbocycles. The Kier molecular flexibility index (Phi) is 2.72. The highest BCUT2D eigenvalue weighted by Crippen LogP contribution is 2.39. The lowest BCUT2D eigenvalue weighted by Gasteiger charge is -2.10. The molecule has 18 heavy (non-hydrogen) atoms. The van der Waals surface area contributed by atoms with Crippen LogP contribution < -0.4 is 10.5 Å². The summed E-state index contributed by atoms with van der Waals surface area (Å²) in [7, 11) is 0. The molecule has 1 aliphatic heterocycles. The van der Waals surface area contributed by atoms with Crippen LogP contribution in [0.5, 0.6) is 5.75 Å². The van der Waals surface area contributed by atoms with Gasteiger partial charge in [0.25, 0.3) is 0 Å². The first kappa shape index (κ1) is 11.2. The zero-order valence-electron chi connectivity index (χ0n) is 9.77. The minimum Gasteiger partial charge on any atom is -0.488 e. The molecule has 2 heterocycles. The van der Waals surface area contributed by atoms with Crippen molar-refractivity contribution < 1.29 is 9.13 Å². The van der Waals surface area contributed by atoms with Crippen molar-refractivity contribution in [3.8, 4) is 16.9 Å². The van der Waals surface area contributed by atoms with Crippen LogP contribution in [0, 0.1) is 5.82 Å². The minimum atomic E-state index is -0.248. The molecule has 92 valence electrons. The van der Waals surface area contributed by atoms with Gasteiger partial charge in [-0.2, -0.15) is 0 Å². The van der Waals surface area contributed by atoms with E-state index in [9.17, 15) is 4.39 Å². The highest BCUT2D eigenvalue weighted by atomic mass is 19.1. The fourth-order valence-corrected chi connectivity index (χ4v) is 2.27. The molecule has 0 saturated carbocycles. The van der Waals surface area contributed by atoms with Gasteiger partial charge in [-0.3, -0.25) is 4.98 Å². The third-order valence-electron chi connectivity index (χ3n) is 3.12. The molecule has 0 spiro atoms. The summed E-state index contributed by atoms with van der Waals surface area (Å²) in [5, 5.41) is 0. The molecule has 0 bridgehead atoms. The van der Waals surface area contributed by atoms with Crippen molar-refractivity contribution in [1.82, 2.24) is 4.98 Å².